The van der Waals surface area contributed by atoms with Crippen LogP contribution in [0.4, 0.5) is 0 Å². The van der Waals surface area contributed by atoms with Gasteiger partial charge in [0, 0.05) is 17.1 Å². The molecular weight excluding hydrogens is 330 g/mol. The lowest BCUT2D eigenvalue weighted by Gasteiger charge is -2.35. The van der Waals surface area contributed by atoms with E-state index in [0.29, 0.717) is 24.6 Å². The number of aliphatic hydroxyl groups is 1. The molecule has 1 unspecified atom stereocenters. The molecule has 21 heavy (non-hydrogen) atoms. The normalized spacial score (nSPS) is 20.2. The highest BCUT2D eigenvalue weighted by atomic mass is 79.9. The summed E-state index contributed by atoms with van der Waals surface area (Å²) in [5, 5.41) is 13.5. The van der Waals surface area contributed by atoms with Crippen molar-refractivity contribution >= 4 is 15.9 Å². The van der Waals surface area contributed by atoms with Gasteiger partial charge >= 0.3 is 0 Å². The molecule has 118 valence electrons. The molecular formula is C17H26BrNO2. The molecule has 1 aliphatic carbocycles. The van der Waals surface area contributed by atoms with Crippen molar-refractivity contribution in [1.82, 2.24) is 5.32 Å². The van der Waals surface area contributed by atoms with Crippen LogP contribution in [0.5, 0.6) is 5.75 Å². The Kier molecular flexibility index (Phi) is 6.08. The van der Waals surface area contributed by atoms with Gasteiger partial charge in [0.25, 0.3) is 0 Å². The maximum Gasteiger partial charge on any atom is 0.120 e. The van der Waals surface area contributed by atoms with E-state index in [2.05, 4.69) is 35.1 Å². The van der Waals surface area contributed by atoms with Gasteiger partial charge in [0.1, 0.15) is 18.5 Å². The topological polar surface area (TPSA) is 41.5 Å². The van der Waals surface area contributed by atoms with Gasteiger partial charge in [-0.3, -0.25) is 0 Å². The Balaban J connectivity index is 1.65. The van der Waals surface area contributed by atoms with Crippen LogP contribution >= 0.6 is 15.9 Å². The van der Waals surface area contributed by atoms with Crippen molar-refractivity contribution in [3.8, 4) is 5.75 Å². The first-order valence-corrected chi connectivity index (χ1v) is 8.54. The molecule has 0 bridgehead atoms. The summed E-state index contributed by atoms with van der Waals surface area (Å²) >= 11 is 3.41. The zero-order valence-electron chi connectivity index (χ0n) is 12.9. The van der Waals surface area contributed by atoms with Crippen molar-refractivity contribution < 1.29 is 9.84 Å². The standard InChI is InChI=1S/C17H26BrNO2/c1-17(2)8-6-14(7-9-17)19-11-15(20)12-21-16-5-3-4-13(18)10-16/h3-5,10,14-15,19-20H,6-9,11-12H2,1-2H3. The van der Waals surface area contributed by atoms with Crippen molar-refractivity contribution in [1.29, 1.82) is 0 Å². The van der Waals surface area contributed by atoms with Gasteiger partial charge in [-0.05, 0) is 49.3 Å². The van der Waals surface area contributed by atoms with Crippen LogP contribution in [0.1, 0.15) is 39.5 Å². The molecule has 1 atom stereocenters. The van der Waals surface area contributed by atoms with Gasteiger partial charge < -0.3 is 15.2 Å². The predicted molar refractivity (Wildman–Crippen MR) is 89.7 cm³/mol. The Morgan fingerprint density at radius 2 is 2.10 bits per heavy atom. The second kappa shape index (κ2) is 7.61. The van der Waals surface area contributed by atoms with Gasteiger partial charge in [-0.2, -0.15) is 0 Å². The first kappa shape index (κ1) is 16.8. The van der Waals surface area contributed by atoms with Crippen LogP contribution in [0.15, 0.2) is 28.7 Å². The number of rotatable bonds is 6. The number of aliphatic hydroxyl groups excluding tert-OH is 1. The van der Waals surface area contributed by atoms with Crippen LogP contribution in [0.2, 0.25) is 0 Å². The summed E-state index contributed by atoms with van der Waals surface area (Å²) in [5.74, 6) is 0.780. The number of ether oxygens (including phenoxy) is 1. The Bertz CT molecular complexity index is 440. The van der Waals surface area contributed by atoms with Crippen molar-refractivity contribution in [3.63, 3.8) is 0 Å². The van der Waals surface area contributed by atoms with Crippen LogP contribution in [-0.2, 0) is 0 Å². The van der Waals surface area contributed by atoms with E-state index >= 15 is 0 Å². The number of nitrogens with one attached hydrogen (secondary N) is 1. The lowest BCUT2D eigenvalue weighted by molar-refractivity contribution is 0.0982. The fourth-order valence-electron chi connectivity index (χ4n) is 2.71. The molecule has 3 nitrogen and oxygen atoms in total. The van der Waals surface area contributed by atoms with Crippen molar-refractivity contribution in [2.75, 3.05) is 13.2 Å². The minimum absolute atomic E-state index is 0.321. The van der Waals surface area contributed by atoms with Crippen molar-refractivity contribution in [2.24, 2.45) is 5.41 Å². The van der Waals surface area contributed by atoms with E-state index in [1.807, 2.05) is 24.3 Å². The molecule has 0 amide bonds. The van der Waals surface area contributed by atoms with E-state index < -0.39 is 6.10 Å². The minimum Gasteiger partial charge on any atom is -0.491 e. The Labute approximate surface area is 136 Å². The predicted octanol–water partition coefficient (Wildman–Crippen LogP) is 3.75. The number of benzene rings is 1. The van der Waals surface area contributed by atoms with Crippen LogP contribution in [0, 0.1) is 5.41 Å². The summed E-state index contributed by atoms with van der Waals surface area (Å²) in [6.07, 6.45) is 4.45. The van der Waals surface area contributed by atoms with Gasteiger partial charge in [-0.1, -0.05) is 35.8 Å². The largest absolute Gasteiger partial charge is 0.491 e. The highest BCUT2D eigenvalue weighted by Gasteiger charge is 2.26. The number of hydrogen-bond donors (Lipinski definition) is 2. The molecule has 0 aromatic heterocycles. The molecule has 0 aliphatic heterocycles. The van der Waals surface area contributed by atoms with Crippen LogP contribution < -0.4 is 10.1 Å². The van der Waals surface area contributed by atoms with Crippen molar-refractivity contribution in [3.05, 3.63) is 28.7 Å². The zero-order chi connectivity index (χ0) is 15.3. The van der Waals surface area contributed by atoms with E-state index in [1.165, 1.54) is 25.7 Å². The summed E-state index contributed by atoms with van der Waals surface area (Å²) in [6.45, 7) is 5.59. The average Bonchev–Trinajstić information content (AvgIpc) is 2.44. The van der Waals surface area contributed by atoms with Crippen molar-refractivity contribution in [2.45, 2.75) is 51.7 Å². The quantitative estimate of drug-likeness (QED) is 0.816. The summed E-state index contributed by atoms with van der Waals surface area (Å²) < 4.78 is 6.59. The Morgan fingerprint density at radius 3 is 2.76 bits per heavy atom. The molecule has 1 aromatic carbocycles. The summed E-state index contributed by atoms with van der Waals surface area (Å²) in [5.41, 5.74) is 0.487. The molecule has 1 aromatic rings. The first-order valence-electron chi connectivity index (χ1n) is 7.74. The fourth-order valence-corrected chi connectivity index (χ4v) is 3.09. The Hall–Kier alpha value is -0.580. The van der Waals surface area contributed by atoms with Gasteiger partial charge in [-0.15, -0.1) is 0 Å². The van der Waals surface area contributed by atoms with E-state index in [0.717, 1.165) is 10.2 Å². The van der Waals surface area contributed by atoms with Crippen LogP contribution in [0.25, 0.3) is 0 Å². The Morgan fingerprint density at radius 1 is 1.38 bits per heavy atom. The zero-order valence-corrected chi connectivity index (χ0v) is 14.5. The SMILES string of the molecule is CC1(C)CCC(NCC(O)COc2cccc(Br)c2)CC1. The monoisotopic (exact) mass is 355 g/mol. The van der Waals surface area contributed by atoms with Gasteiger partial charge in [0.15, 0.2) is 0 Å². The molecule has 2 rings (SSSR count). The number of halogens is 1. The average molecular weight is 356 g/mol. The molecule has 1 fully saturated rings. The first-order chi connectivity index (χ1) is 9.94. The molecule has 1 saturated carbocycles. The third-order valence-corrected chi connectivity index (χ3v) is 4.71. The fraction of sp³-hybridized carbons (Fsp3) is 0.647. The van der Waals surface area contributed by atoms with Crippen LogP contribution in [0.3, 0.4) is 0 Å². The number of hydrogen-bond acceptors (Lipinski definition) is 3. The van der Waals surface area contributed by atoms with Gasteiger partial charge in [0.05, 0.1) is 0 Å². The molecule has 0 radical (unpaired) electrons. The van der Waals surface area contributed by atoms with Gasteiger partial charge in [-0.25, -0.2) is 0 Å². The minimum atomic E-state index is -0.473. The molecule has 2 N–H and O–H groups in total. The molecule has 0 saturated heterocycles. The lowest BCUT2D eigenvalue weighted by Crippen LogP contribution is -2.41. The van der Waals surface area contributed by atoms with E-state index in [4.69, 9.17) is 4.74 Å². The smallest absolute Gasteiger partial charge is 0.120 e. The lowest BCUT2D eigenvalue weighted by atomic mass is 9.75. The maximum atomic E-state index is 10.0. The highest BCUT2D eigenvalue weighted by Crippen LogP contribution is 2.34. The highest BCUT2D eigenvalue weighted by molar-refractivity contribution is 9.10. The van der Waals surface area contributed by atoms with Gasteiger partial charge in [0.2, 0.25) is 0 Å². The summed E-state index contributed by atoms with van der Waals surface area (Å²) in [6, 6.07) is 8.22. The summed E-state index contributed by atoms with van der Waals surface area (Å²) in [7, 11) is 0. The second-order valence-electron chi connectivity index (χ2n) is 6.77. The van der Waals surface area contributed by atoms with E-state index in [-0.39, 0.29) is 0 Å². The second-order valence-corrected chi connectivity index (χ2v) is 7.68. The summed E-state index contributed by atoms with van der Waals surface area (Å²) in [4.78, 5) is 0. The van der Waals surface area contributed by atoms with E-state index in [1.54, 1.807) is 0 Å². The molecule has 1 aliphatic rings. The molecule has 4 heteroatoms. The molecule has 0 heterocycles. The van der Waals surface area contributed by atoms with E-state index in [9.17, 15) is 5.11 Å². The third-order valence-electron chi connectivity index (χ3n) is 4.22. The maximum absolute atomic E-state index is 10.0. The van der Waals surface area contributed by atoms with Crippen LogP contribution in [-0.4, -0.2) is 30.4 Å². The molecule has 0 spiro atoms. The third kappa shape index (κ3) is 5.97.